The van der Waals surface area contributed by atoms with Crippen molar-refractivity contribution in [1.82, 2.24) is 4.98 Å². The minimum Gasteiger partial charge on any atom is -0.294 e. The number of fused-ring (bicyclic) bond motifs is 1. The fourth-order valence-electron chi connectivity index (χ4n) is 1.14. The molecule has 0 aliphatic heterocycles. The van der Waals surface area contributed by atoms with E-state index >= 15 is 0 Å². The molecule has 0 spiro atoms. The van der Waals surface area contributed by atoms with Gasteiger partial charge in [-0.1, -0.05) is 6.07 Å². The van der Waals surface area contributed by atoms with Crippen LogP contribution in [0.5, 0.6) is 0 Å². The van der Waals surface area contributed by atoms with E-state index in [1.54, 1.807) is 17.6 Å². The highest BCUT2D eigenvalue weighted by Crippen LogP contribution is 2.21. The lowest BCUT2D eigenvalue weighted by Crippen LogP contribution is -1.99. The van der Waals surface area contributed by atoms with Crippen molar-refractivity contribution >= 4 is 33.6 Å². The van der Waals surface area contributed by atoms with E-state index in [1.807, 2.05) is 6.07 Å². The van der Waals surface area contributed by atoms with Gasteiger partial charge in [-0.25, -0.2) is 4.98 Å². The second-order valence-corrected chi connectivity index (χ2v) is 3.34. The molecule has 0 saturated carbocycles. The van der Waals surface area contributed by atoms with Gasteiger partial charge in [0.05, 0.1) is 15.7 Å². The molecule has 1 aromatic heterocycles. The first-order chi connectivity index (χ1) is 6.33. The summed E-state index contributed by atoms with van der Waals surface area (Å²) in [4.78, 5) is 25.5. The first-order valence-electron chi connectivity index (χ1n) is 3.64. The molecule has 0 amide bonds. The summed E-state index contributed by atoms with van der Waals surface area (Å²) < 4.78 is 0.777. The quantitative estimate of drug-likeness (QED) is 0.412. The van der Waals surface area contributed by atoms with Crippen molar-refractivity contribution in [2.24, 2.45) is 0 Å². The highest BCUT2D eigenvalue weighted by Gasteiger charge is 2.09. The summed E-state index contributed by atoms with van der Waals surface area (Å²) in [5.74, 6) is -0.491. The number of nitrogens with zero attached hydrogens (tertiary/aromatic N) is 1. The molecule has 0 aliphatic carbocycles. The molecule has 2 rings (SSSR count). The predicted molar refractivity (Wildman–Crippen MR) is 50.0 cm³/mol. The Morgan fingerprint density at radius 1 is 1.46 bits per heavy atom. The van der Waals surface area contributed by atoms with E-state index in [-0.39, 0.29) is 0 Å². The van der Waals surface area contributed by atoms with Gasteiger partial charge in [0.15, 0.2) is 6.29 Å². The average molecular weight is 191 g/mol. The Morgan fingerprint density at radius 2 is 2.31 bits per heavy atom. The number of Topliss-reactive ketones (excluding diaryl/α,β-unsaturated/α-hetero) is 1. The molecule has 0 fully saturated rings. The van der Waals surface area contributed by atoms with Gasteiger partial charge in [0.1, 0.15) is 0 Å². The fourth-order valence-corrected chi connectivity index (χ4v) is 1.95. The predicted octanol–water partition coefficient (Wildman–Crippen LogP) is 1.68. The molecular weight excluding hydrogens is 186 g/mol. The van der Waals surface area contributed by atoms with Crippen molar-refractivity contribution in [3.63, 3.8) is 0 Å². The van der Waals surface area contributed by atoms with Crippen LogP contribution in [0.15, 0.2) is 23.7 Å². The highest BCUT2D eigenvalue weighted by atomic mass is 32.1. The molecule has 0 bridgehead atoms. The lowest BCUT2D eigenvalue weighted by molar-refractivity contribution is -0.104. The third kappa shape index (κ3) is 1.25. The lowest BCUT2D eigenvalue weighted by atomic mass is 10.1. The number of carbonyl (C=O) groups excluding carboxylic acids is 2. The highest BCUT2D eigenvalue weighted by molar-refractivity contribution is 7.17. The summed E-state index contributed by atoms with van der Waals surface area (Å²) in [5.41, 5.74) is 2.86. The molecular formula is C9H5NO2S. The first-order valence-corrected chi connectivity index (χ1v) is 4.52. The number of benzene rings is 1. The second kappa shape index (κ2) is 3.06. The van der Waals surface area contributed by atoms with Crippen molar-refractivity contribution < 1.29 is 9.59 Å². The van der Waals surface area contributed by atoms with Gasteiger partial charge in [-0.15, -0.1) is 11.3 Å². The number of aldehydes is 1. The van der Waals surface area contributed by atoms with Gasteiger partial charge in [-0.3, -0.25) is 9.59 Å². The number of carbonyl (C=O) groups is 2. The van der Waals surface area contributed by atoms with Crippen LogP contribution in [0, 0.1) is 0 Å². The normalized spacial score (nSPS) is 10.2. The molecule has 0 atom stereocenters. The maximum atomic E-state index is 11.1. The van der Waals surface area contributed by atoms with Crippen LogP contribution < -0.4 is 0 Å². The Bertz CT molecular complexity index is 475. The molecule has 0 radical (unpaired) electrons. The first kappa shape index (κ1) is 8.07. The Kier molecular flexibility index (Phi) is 1.90. The number of hydrogen-bond donors (Lipinski definition) is 0. The summed E-state index contributed by atoms with van der Waals surface area (Å²) in [5, 5.41) is 0. The van der Waals surface area contributed by atoms with Gasteiger partial charge >= 0.3 is 0 Å². The Labute approximate surface area is 78.0 Å². The topological polar surface area (TPSA) is 47.0 Å². The standard InChI is InChI=1S/C9H5NO2S/c11-4-8(12)6-2-1-3-7-9(6)13-5-10-7/h1-5H. The van der Waals surface area contributed by atoms with Crippen molar-refractivity contribution in [3.8, 4) is 0 Å². The molecule has 3 nitrogen and oxygen atoms in total. The molecule has 4 heteroatoms. The Balaban J connectivity index is 2.74. The van der Waals surface area contributed by atoms with E-state index in [9.17, 15) is 9.59 Å². The summed E-state index contributed by atoms with van der Waals surface area (Å²) in [7, 11) is 0. The van der Waals surface area contributed by atoms with E-state index in [0.717, 1.165) is 10.2 Å². The summed E-state index contributed by atoms with van der Waals surface area (Å²) in [6, 6.07) is 5.17. The molecule has 0 saturated heterocycles. The molecule has 0 N–H and O–H groups in total. The number of aromatic nitrogens is 1. The van der Waals surface area contributed by atoms with Crippen LogP contribution in [-0.2, 0) is 4.79 Å². The molecule has 0 aliphatic rings. The van der Waals surface area contributed by atoms with E-state index < -0.39 is 5.78 Å². The van der Waals surface area contributed by atoms with Crippen LogP contribution in [-0.4, -0.2) is 17.1 Å². The van der Waals surface area contributed by atoms with Gasteiger partial charge in [0.2, 0.25) is 5.78 Å². The zero-order chi connectivity index (χ0) is 9.26. The molecule has 64 valence electrons. The van der Waals surface area contributed by atoms with E-state index in [4.69, 9.17) is 0 Å². The number of hydrogen-bond acceptors (Lipinski definition) is 4. The summed E-state index contributed by atoms with van der Waals surface area (Å²) in [6.45, 7) is 0. The monoisotopic (exact) mass is 191 g/mol. The second-order valence-electron chi connectivity index (χ2n) is 2.49. The van der Waals surface area contributed by atoms with Crippen molar-refractivity contribution in [3.05, 3.63) is 29.3 Å². The van der Waals surface area contributed by atoms with Crippen LogP contribution in [0.4, 0.5) is 0 Å². The van der Waals surface area contributed by atoms with E-state index in [1.165, 1.54) is 11.3 Å². The third-order valence-electron chi connectivity index (χ3n) is 1.73. The maximum Gasteiger partial charge on any atom is 0.226 e. The maximum absolute atomic E-state index is 11.1. The van der Waals surface area contributed by atoms with Crippen LogP contribution in [0.2, 0.25) is 0 Å². The zero-order valence-electron chi connectivity index (χ0n) is 6.56. The van der Waals surface area contributed by atoms with Crippen LogP contribution in [0.3, 0.4) is 0 Å². The van der Waals surface area contributed by atoms with Crippen LogP contribution >= 0.6 is 11.3 Å². The Morgan fingerprint density at radius 3 is 3.08 bits per heavy atom. The van der Waals surface area contributed by atoms with Crippen LogP contribution in [0.1, 0.15) is 10.4 Å². The van der Waals surface area contributed by atoms with E-state index in [2.05, 4.69) is 4.98 Å². The SMILES string of the molecule is O=CC(=O)c1cccc2ncsc12. The lowest BCUT2D eigenvalue weighted by Gasteiger charge is -1.93. The van der Waals surface area contributed by atoms with Gasteiger partial charge < -0.3 is 0 Å². The fraction of sp³-hybridized carbons (Fsp3) is 0. The van der Waals surface area contributed by atoms with Gasteiger partial charge in [-0.2, -0.15) is 0 Å². The molecule has 1 aromatic carbocycles. The Hall–Kier alpha value is -1.55. The van der Waals surface area contributed by atoms with Crippen molar-refractivity contribution in [2.45, 2.75) is 0 Å². The average Bonchev–Trinajstić information content (AvgIpc) is 2.63. The minimum absolute atomic E-state index is 0.328. The summed E-state index contributed by atoms with van der Waals surface area (Å²) >= 11 is 1.37. The zero-order valence-corrected chi connectivity index (χ0v) is 7.38. The summed E-state index contributed by atoms with van der Waals surface area (Å²) in [6.07, 6.45) is 0.328. The third-order valence-corrected chi connectivity index (χ3v) is 2.60. The molecule has 1 heterocycles. The number of ketones is 1. The largest absolute Gasteiger partial charge is 0.294 e. The van der Waals surface area contributed by atoms with Crippen LogP contribution in [0.25, 0.3) is 10.2 Å². The van der Waals surface area contributed by atoms with Gasteiger partial charge in [0.25, 0.3) is 0 Å². The minimum atomic E-state index is -0.491. The van der Waals surface area contributed by atoms with E-state index in [0.29, 0.717) is 11.8 Å². The van der Waals surface area contributed by atoms with Crippen molar-refractivity contribution in [2.75, 3.05) is 0 Å². The molecule has 0 unspecified atom stereocenters. The molecule has 13 heavy (non-hydrogen) atoms. The van der Waals surface area contributed by atoms with Gasteiger partial charge in [-0.05, 0) is 12.1 Å². The number of rotatable bonds is 2. The van der Waals surface area contributed by atoms with Gasteiger partial charge in [0, 0.05) is 5.56 Å². The molecule has 2 aromatic rings. The van der Waals surface area contributed by atoms with Crippen molar-refractivity contribution in [1.29, 1.82) is 0 Å². The smallest absolute Gasteiger partial charge is 0.226 e. The number of thiazole rings is 1.